The van der Waals surface area contributed by atoms with E-state index in [1.165, 1.54) is 0 Å². The molecule has 0 amide bonds. The maximum atomic E-state index is 12.0. The Labute approximate surface area is 145 Å². The van der Waals surface area contributed by atoms with Gasteiger partial charge in [0.25, 0.3) is 0 Å². The normalized spacial score (nSPS) is 15.6. The van der Waals surface area contributed by atoms with Crippen LogP contribution < -0.4 is 14.3 Å². The lowest BCUT2D eigenvalue weighted by atomic mass is 9.91. The van der Waals surface area contributed by atoms with Crippen LogP contribution in [-0.2, 0) is 11.2 Å². The SMILES string of the molecule is CC1(C)CCc2c(O)c(OC(=O)CCNCl)c3ccccc3c2O1. The van der Waals surface area contributed by atoms with Crippen molar-refractivity contribution in [2.75, 3.05) is 6.54 Å². The number of fused-ring (bicyclic) bond motifs is 3. The van der Waals surface area contributed by atoms with Gasteiger partial charge in [0.05, 0.1) is 6.42 Å². The molecule has 0 fully saturated rings. The molecule has 5 nitrogen and oxygen atoms in total. The molecule has 3 rings (SSSR count). The van der Waals surface area contributed by atoms with Crippen molar-refractivity contribution in [1.29, 1.82) is 0 Å². The summed E-state index contributed by atoms with van der Waals surface area (Å²) in [4.78, 5) is 14.4. The van der Waals surface area contributed by atoms with E-state index in [0.29, 0.717) is 29.7 Å². The van der Waals surface area contributed by atoms with Gasteiger partial charge in [-0.05, 0) is 38.5 Å². The summed E-state index contributed by atoms with van der Waals surface area (Å²) in [6.45, 7) is 4.34. The molecular weight excluding hydrogens is 330 g/mol. The Balaban J connectivity index is 2.11. The number of aromatic hydroxyl groups is 1. The first-order valence-electron chi connectivity index (χ1n) is 7.92. The molecule has 0 atom stereocenters. The Kier molecular flexibility index (Phi) is 4.56. The lowest BCUT2D eigenvalue weighted by molar-refractivity contribution is -0.134. The monoisotopic (exact) mass is 349 g/mol. The molecule has 0 saturated carbocycles. The van der Waals surface area contributed by atoms with Gasteiger partial charge >= 0.3 is 5.97 Å². The minimum absolute atomic E-state index is 0.0219. The fraction of sp³-hybridized carbons (Fsp3) is 0.389. The number of hydrogen-bond donors (Lipinski definition) is 2. The number of rotatable bonds is 4. The first-order chi connectivity index (χ1) is 11.4. The summed E-state index contributed by atoms with van der Waals surface area (Å²) in [6.07, 6.45) is 1.54. The van der Waals surface area contributed by atoms with Crippen LogP contribution in [0.25, 0.3) is 10.8 Å². The predicted octanol–water partition coefficient (Wildman–Crippen LogP) is 3.69. The third-order valence-corrected chi connectivity index (χ3v) is 4.38. The summed E-state index contributed by atoms with van der Waals surface area (Å²) >= 11 is 5.37. The van der Waals surface area contributed by atoms with Crippen molar-refractivity contribution in [3.63, 3.8) is 0 Å². The molecule has 6 heteroatoms. The topological polar surface area (TPSA) is 67.8 Å². The third-order valence-electron chi connectivity index (χ3n) is 4.19. The third kappa shape index (κ3) is 3.14. The van der Waals surface area contributed by atoms with Crippen LogP contribution in [0, 0.1) is 0 Å². The summed E-state index contributed by atoms with van der Waals surface area (Å²) in [5.41, 5.74) is 0.387. The molecule has 0 spiro atoms. The van der Waals surface area contributed by atoms with E-state index in [1.807, 2.05) is 38.1 Å². The molecule has 2 aromatic carbocycles. The number of hydrogen-bond acceptors (Lipinski definition) is 5. The van der Waals surface area contributed by atoms with E-state index in [1.54, 1.807) is 0 Å². The minimum Gasteiger partial charge on any atom is -0.504 e. The standard InChI is InChI=1S/C18H20ClNO4/c1-18(2)9-7-13-15(22)17(23-14(21)8-10-20-19)12-6-4-3-5-11(12)16(13)24-18/h3-6,20,22H,7-10H2,1-2H3. The number of carbonyl (C=O) groups is 1. The van der Waals surface area contributed by atoms with Gasteiger partial charge in [-0.1, -0.05) is 24.3 Å². The van der Waals surface area contributed by atoms with Crippen molar-refractivity contribution in [3.05, 3.63) is 29.8 Å². The molecule has 0 saturated heterocycles. The maximum Gasteiger partial charge on any atom is 0.312 e. The number of benzene rings is 2. The number of nitrogens with one attached hydrogen (secondary N) is 1. The van der Waals surface area contributed by atoms with E-state index < -0.39 is 5.97 Å². The summed E-state index contributed by atoms with van der Waals surface area (Å²) in [7, 11) is 0. The van der Waals surface area contributed by atoms with Gasteiger partial charge in [0.15, 0.2) is 11.5 Å². The van der Waals surface area contributed by atoms with Crippen LogP contribution in [0.3, 0.4) is 0 Å². The molecule has 0 bridgehead atoms. The molecule has 0 unspecified atom stereocenters. The summed E-state index contributed by atoms with van der Waals surface area (Å²) < 4.78 is 11.5. The van der Waals surface area contributed by atoms with Gasteiger partial charge in [-0.15, -0.1) is 0 Å². The second-order valence-electron chi connectivity index (χ2n) is 6.50. The van der Waals surface area contributed by atoms with Crippen LogP contribution in [0.2, 0.25) is 0 Å². The lowest BCUT2D eigenvalue weighted by Gasteiger charge is -2.34. The molecule has 0 aromatic heterocycles. The van der Waals surface area contributed by atoms with E-state index in [4.69, 9.17) is 21.3 Å². The number of carbonyl (C=O) groups excluding carboxylic acids is 1. The quantitative estimate of drug-likeness (QED) is 0.500. The number of phenolic OH excluding ortho intramolecular Hbond substituents is 1. The zero-order valence-corrected chi connectivity index (χ0v) is 14.4. The molecule has 0 aliphatic carbocycles. The Hall–Kier alpha value is -1.98. The van der Waals surface area contributed by atoms with Crippen LogP contribution in [0.5, 0.6) is 17.2 Å². The van der Waals surface area contributed by atoms with Gasteiger partial charge in [0.2, 0.25) is 0 Å². The molecule has 24 heavy (non-hydrogen) atoms. The van der Waals surface area contributed by atoms with E-state index in [2.05, 4.69) is 4.84 Å². The van der Waals surface area contributed by atoms with Gasteiger partial charge in [0, 0.05) is 22.9 Å². The number of esters is 1. The average Bonchev–Trinajstić information content (AvgIpc) is 2.56. The second kappa shape index (κ2) is 6.49. The maximum absolute atomic E-state index is 12.0. The fourth-order valence-electron chi connectivity index (χ4n) is 2.93. The molecule has 2 aromatic rings. The van der Waals surface area contributed by atoms with Crippen molar-refractivity contribution in [2.24, 2.45) is 0 Å². The Morgan fingerprint density at radius 2 is 2.08 bits per heavy atom. The van der Waals surface area contributed by atoms with Crippen molar-refractivity contribution >= 4 is 28.5 Å². The van der Waals surface area contributed by atoms with Crippen LogP contribution >= 0.6 is 11.8 Å². The molecule has 1 aliphatic heterocycles. The van der Waals surface area contributed by atoms with Gasteiger partial charge in [-0.3, -0.25) is 4.79 Å². The predicted molar refractivity (Wildman–Crippen MR) is 92.7 cm³/mol. The zero-order valence-electron chi connectivity index (χ0n) is 13.7. The Morgan fingerprint density at radius 1 is 1.38 bits per heavy atom. The second-order valence-corrected chi connectivity index (χ2v) is 6.77. The first kappa shape index (κ1) is 16.9. The van der Waals surface area contributed by atoms with Crippen LogP contribution in [0.1, 0.15) is 32.3 Å². The highest BCUT2D eigenvalue weighted by Gasteiger charge is 2.32. The van der Waals surface area contributed by atoms with E-state index in [9.17, 15) is 9.90 Å². The van der Waals surface area contributed by atoms with Crippen LogP contribution in [-0.4, -0.2) is 23.2 Å². The summed E-state index contributed by atoms with van der Waals surface area (Å²) in [5.74, 6) is 0.376. The van der Waals surface area contributed by atoms with Gasteiger partial charge in [-0.2, -0.15) is 0 Å². The Morgan fingerprint density at radius 3 is 2.79 bits per heavy atom. The molecule has 128 valence electrons. The van der Waals surface area contributed by atoms with Crippen LogP contribution in [0.4, 0.5) is 0 Å². The fourth-order valence-corrected chi connectivity index (χ4v) is 3.03. The Bertz CT molecular complexity index is 788. The van der Waals surface area contributed by atoms with Crippen molar-refractivity contribution in [3.8, 4) is 17.2 Å². The summed E-state index contributed by atoms with van der Waals surface area (Å²) in [5, 5.41) is 12.2. The van der Waals surface area contributed by atoms with E-state index in [-0.39, 0.29) is 23.5 Å². The van der Waals surface area contributed by atoms with Gasteiger partial charge < -0.3 is 14.6 Å². The van der Waals surface area contributed by atoms with Gasteiger partial charge in [0.1, 0.15) is 11.4 Å². The van der Waals surface area contributed by atoms with Gasteiger partial charge in [-0.25, -0.2) is 4.84 Å². The zero-order chi connectivity index (χ0) is 17.3. The minimum atomic E-state index is -0.458. The van der Waals surface area contributed by atoms with E-state index >= 15 is 0 Å². The largest absolute Gasteiger partial charge is 0.504 e. The van der Waals surface area contributed by atoms with Crippen molar-refractivity contribution in [1.82, 2.24) is 4.84 Å². The smallest absolute Gasteiger partial charge is 0.312 e. The number of phenols is 1. The van der Waals surface area contributed by atoms with Crippen LogP contribution in [0.15, 0.2) is 24.3 Å². The first-order valence-corrected chi connectivity index (χ1v) is 8.30. The highest BCUT2D eigenvalue weighted by molar-refractivity contribution is 6.13. The molecule has 2 N–H and O–H groups in total. The molecule has 0 radical (unpaired) electrons. The number of halogens is 1. The lowest BCUT2D eigenvalue weighted by Crippen LogP contribution is -2.32. The molecule has 1 aliphatic rings. The van der Waals surface area contributed by atoms with Crippen molar-refractivity contribution in [2.45, 2.75) is 38.7 Å². The van der Waals surface area contributed by atoms with E-state index in [0.717, 1.165) is 11.8 Å². The number of ether oxygens (including phenoxy) is 2. The average molecular weight is 350 g/mol. The summed E-state index contributed by atoms with van der Waals surface area (Å²) in [6, 6.07) is 7.45. The van der Waals surface area contributed by atoms with Crippen molar-refractivity contribution < 1.29 is 19.4 Å². The molecular formula is C18H20ClNO4. The highest BCUT2D eigenvalue weighted by Crippen LogP contribution is 2.49. The molecule has 1 heterocycles. The highest BCUT2D eigenvalue weighted by atomic mass is 35.5.